The van der Waals surface area contributed by atoms with Gasteiger partial charge < -0.3 is 10.4 Å². The van der Waals surface area contributed by atoms with Crippen LogP contribution in [0.25, 0.3) is 0 Å². The minimum absolute atomic E-state index is 0.328. The van der Waals surface area contributed by atoms with E-state index in [0.29, 0.717) is 5.75 Å². The van der Waals surface area contributed by atoms with Crippen LogP contribution in [0, 0.1) is 6.54 Å². The first-order valence-corrected chi connectivity index (χ1v) is 4.12. The van der Waals surface area contributed by atoms with Gasteiger partial charge in [0, 0.05) is 6.54 Å². The zero-order chi connectivity index (χ0) is 8.81. The molecule has 2 N–H and O–H groups in total. The first-order valence-electron chi connectivity index (χ1n) is 4.12. The average Bonchev–Trinajstić information content (AvgIpc) is 2.09. The van der Waals surface area contributed by atoms with Gasteiger partial charge in [-0.15, -0.1) is 0 Å². The minimum atomic E-state index is 0.328. The number of hydrogen-bond acceptors (Lipinski definition) is 2. The molecule has 2 nitrogen and oxygen atoms in total. The van der Waals surface area contributed by atoms with Crippen molar-refractivity contribution in [3.05, 3.63) is 36.4 Å². The number of aromatic hydroxyl groups is 1. The van der Waals surface area contributed by atoms with Gasteiger partial charge in [0.25, 0.3) is 0 Å². The maximum absolute atomic E-state index is 9.01. The van der Waals surface area contributed by atoms with Crippen molar-refractivity contribution in [2.75, 3.05) is 6.54 Å². The van der Waals surface area contributed by atoms with Gasteiger partial charge >= 0.3 is 0 Å². The smallest absolute Gasteiger partial charge is 0.115 e. The van der Waals surface area contributed by atoms with Crippen LogP contribution in [0.4, 0.5) is 0 Å². The molecule has 0 fully saturated rings. The van der Waals surface area contributed by atoms with E-state index in [0.717, 1.165) is 13.0 Å². The third-order valence-corrected chi connectivity index (χ3v) is 1.70. The van der Waals surface area contributed by atoms with E-state index in [-0.39, 0.29) is 0 Å². The molecule has 1 aromatic carbocycles. The van der Waals surface area contributed by atoms with E-state index < -0.39 is 0 Å². The Labute approximate surface area is 73.2 Å². The maximum Gasteiger partial charge on any atom is 0.115 e. The zero-order valence-corrected chi connectivity index (χ0v) is 7.25. The quantitative estimate of drug-likeness (QED) is 0.664. The highest BCUT2D eigenvalue weighted by atomic mass is 16.3. The molecule has 1 radical (unpaired) electrons. The Kier molecular flexibility index (Phi) is 3.61. The van der Waals surface area contributed by atoms with Crippen molar-refractivity contribution in [2.45, 2.75) is 13.3 Å². The van der Waals surface area contributed by atoms with Gasteiger partial charge in [0.1, 0.15) is 5.75 Å². The molecule has 0 atom stereocenters. The second-order valence-corrected chi connectivity index (χ2v) is 2.66. The van der Waals surface area contributed by atoms with Crippen LogP contribution in [0.3, 0.4) is 0 Å². The number of phenols is 1. The molecule has 12 heavy (non-hydrogen) atoms. The molecule has 1 rings (SSSR count). The molecule has 65 valence electrons. The molecule has 0 aliphatic heterocycles. The van der Waals surface area contributed by atoms with Crippen LogP contribution in [0.2, 0.25) is 0 Å². The van der Waals surface area contributed by atoms with E-state index in [1.807, 2.05) is 25.6 Å². The average molecular weight is 164 g/mol. The molecule has 0 heterocycles. The van der Waals surface area contributed by atoms with Crippen LogP contribution in [0.15, 0.2) is 24.3 Å². The Bertz CT molecular complexity index is 218. The topological polar surface area (TPSA) is 32.3 Å². The highest BCUT2D eigenvalue weighted by molar-refractivity contribution is 5.25. The number of hydrogen-bond donors (Lipinski definition) is 2. The lowest BCUT2D eigenvalue weighted by atomic mass is 10.1. The number of benzene rings is 1. The number of nitrogens with one attached hydrogen (secondary N) is 1. The van der Waals surface area contributed by atoms with Gasteiger partial charge in [-0.05, 0) is 37.6 Å². The van der Waals surface area contributed by atoms with Crippen LogP contribution in [-0.4, -0.2) is 11.7 Å². The van der Waals surface area contributed by atoms with E-state index in [4.69, 9.17) is 5.11 Å². The molecule has 0 aliphatic rings. The van der Waals surface area contributed by atoms with Crippen LogP contribution in [0.1, 0.15) is 12.5 Å². The third kappa shape index (κ3) is 2.93. The molecule has 0 aliphatic carbocycles. The molecular formula is C10H14NO. The summed E-state index contributed by atoms with van der Waals surface area (Å²) in [4.78, 5) is 0. The lowest BCUT2D eigenvalue weighted by Crippen LogP contribution is -2.11. The first kappa shape index (κ1) is 9.07. The van der Waals surface area contributed by atoms with Gasteiger partial charge in [-0.2, -0.15) is 0 Å². The van der Waals surface area contributed by atoms with E-state index in [2.05, 4.69) is 5.32 Å². The summed E-state index contributed by atoms with van der Waals surface area (Å²) >= 11 is 0. The summed E-state index contributed by atoms with van der Waals surface area (Å²) < 4.78 is 0. The standard InChI is InChI=1S/C10H14NO/c1-2-11-8-7-9-3-5-10(12)6-4-9/h2-6,11-12H,7-8H2,1H3. The highest BCUT2D eigenvalue weighted by Gasteiger charge is 1.91. The fourth-order valence-electron chi connectivity index (χ4n) is 1.02. The minimum Gasteiger partial charge on any atom is -0.508 e. The van der Waals surface area contributed by atoms with Crippen molar-refractivity contribution in [2.24, 2.45) is 0 Å². The Morgan fingerprint density at radius 1 is 1.33 bits per heavy atom. The van der Waals surface area contributed by atoms with Crippen molar-refractivity contribution >= 4 is 0 Å². The molecule has 1 aromatic rings. The van der Waals surface area contributed by atoms with E-state index in [9.17, 15) is 0 Å². The number of rotatable bonds is 4. The lowest BCUT2D eigenvalue weighted by Gasteiger charge is -2.01. The van der Waals surface area contributed by atoms with E-state index in [1.165, 1.54) is 5.56 Å². The largest absolute Gasteiger partial charge is 0.508 e. The summed E-state index contributed by atoms with van der Waals surface area (Å²) in [7, 11) is 0. The molecule has 0 amide bonds. The van der Waals surface area contributed by atoms with E-state index >= 15 is 0 Å². The Hall–Kier alpha value is -1.02. The second-order valence-electron chi connectivity index (χ2n) is 2.66. The van der Waals surface area contributed by atoms with Crippen LogP contribution in [-0.2, 0) is 6.42 Å². The summed E-state index contributed by atoms with van der Waals surface area (Å²) in [5, 5.41) is 12.1. The lowest BCUT2D eigenvalue weighted by molar-refractivity contribution is 0.475. The molecule has 0 spiro atoms. The van der Waals surface area contributed by atoms with Gasteiger partial charge in [0.15, 0.2) is 0 Å². The summed E-state index contributed by atoms with van der Waals surface area (Å²) in [6.07, 6.45) is 0.991. The van der Waals surface area contributed by atoms with Crippen molar-refractivity contribution in [3.8, 4) is 5.75 Å². The van der Waals surface area contributed by atoms with Crippen molar-refractivity contribution in [1.29, 1.82) is 0 Å². The van der Waals surface area contributed by atoms with Gasteiger partial charge in [-0.25, -0.2) is 0 Å². The predicted octanol–water partition coefficient (Wildman–Crippen LogP) is 1.71. The first-order chi connectivity index (χ1) is 5.83. The van der Waals surface area contributed by atoms with Crippen molar-refractivity contribution in [1.82, 2.24) is 5.32 Å². The maximum atomic E-state index is 9.01. The number of phenolic OH excluding ortho intramolecular Hbond substituents is 1. The molecular weight excluding hydrogens is 150 g/mol. The molecule has 0 bridgehead atoms. The Morgan fingerprint density at radius 3 is 2.58 bits per heavy atom. The van der Waals surface area contributed by atoms with Gasteiger partial charge in [0.2, 0.25) is 0 Å². The fourth-order valence-corrected chi connectivity index (χ4v) is 1.02. The summed E-state index contributed by atoms with van der Waals surface area (Å²) in [6, 6.07) is 7.30. The van der Waals surface area contributed by atoms with Crippen LogP contribution in [0.5, 0.6) is 5.75 Å². The van der Waals surface area contributed by atoms with Gasteiger partial charge in [-0.1, -0.05) is 12.1 Å². The molecule has 0 saturated carbocycles. The fraction of sp³-hybridized carbons (Fsp3) is 0.300. The van der Waals surface area contributed by atoms with Gasteiger partial charge in [0.05, 0.1) is 0 Å². The van der Waals surface area contributed by atoms with Crippen molar-refractivity contribution < 1.29 is 5.11 Å². The monoisotopic (exact) mass is 164 g/mol. The zero-order valence-electron chi connectivity index (χ0n) is 7.25. The van der Waals surface area contributed by atoms with E-state index in [1.54, 1.807) is 12.1 Å². The summed E-state index contributed by atoms with van der Waals surface area (Å²) in [5.74, 6) is 0.328. The Morgan fingerprint density at radius 2 is 2.00 bits per heavy atom. The summed E-state index contributed by atoms with van der Waals surface area (Å²) in [6.45, 7) is 4.85. The molecule has 0 aromatic heterocycles. The normalized spacial score (nSPS) is 10.1. The third-order valence-electron chi connectivity index (χ3n) is 1.70. The van der Waals surface area contributed by atoms with Crippen molar-refractivity contribution in [3.63, 3.8) is 0 Å². The van der Waals surface area contributed by atoms with Crippen LogP contribution >= 0.6 is 0 Å². The molecule has 2 heteroatoms. The van der Waals surface area contributed by atoms with Crippen LogP contribution < -0.4 is 5.32 Å². The highest BCUT2D eigenvalue weighted by Crippen LogP contribution is 2.09. The molecule has 0 unspecified atom stereocenters. The molecule has 0 saturated heterocycles. The second kappa shape index (κ2) is 4.78. The SMILES string of the molecule is C[CH]NCCc1ccc(O)cc1. The predicted molar refractivity (Wildman–Crippen MR) is 49.8 cm³/mol. The Balaban J connectivity index is 2.37. The van der Waals surface area contributed by atoms with Gasteiger partial charge in [-0.3, -0.25) is 0 Å². The summed E-state index contributed by atoms with van der Waals surface area (Å²) in [5.41, 5.74) is 1.24.